The van der Waals surface area contributed by atoms with Crippen LogP contribution in [0.4, 0.5) is 8.78 Å². The van der Waals surface area contributed by atoms with Gasteiger partial charge in [-0.3, -0.25) is 4.79 Å². The standard InChI is InChI=1S/C24H36F2O2/c1-3-5-7-9-11-19-16-17-21(23(26)22(19)25)28-24(27)20-14-12-18(13-15-20)10-8-6-4-2/h16-18,20H,3-15H2,1-2H3. The van der Waals surface area contributed by atoms with Crippen LogP contribution in [0.3, 0.4) is 0 Å². The Morgan fingerprint density at radius 3 is 2.29 bits per heavy atom. The van der Waals surface area contributed by atoms with Crippen molar-refractivity contribution < 1.29 is 18.3 Å². The van der Waals surface area contributed by atoms with Gasteiger partial charge in [0.2, 0.25) is 5.82 Å². The quantitative estimate of drug-likeness (QED) is 0.222. The molecule has 2 rings (SSSR count). The summed E-state index contributed by atoms with van der Waals surface area (Å²) in [7, 11) is 0. The van der Waals surface area contributed by atoms with Gasteiger partial charge in [-0.1, -0.05) is 64.9 Å². The van der Waals surface area contributed by atoms with Gasteiger partial charge in [0.05, 0.1) is 5.92 Å². The summed E-state index contributed by atoms with van der Waals surface area (Å²) in [6, 6.07) is 2.96. The number of rotatable bonds is 11. The Kier molecular flexibility index (Phi) is 9.94. The second-order valence-corrected chi connectivity index (χ2v) is 8.30. The van der Waals surface area contributed by atoms with Crippen molar-refractivity contribution in [3.8, 4) is 5.75 Å². The van der Waals surface area contributed by atoms with Crippen LogP contribution in [0.2, 0.25) is 0 Å². The van der Waals surface area contributed by atoms with Crippen molar-refractivity contribution in [2.45, 2.75) is 97.3 Å². The molecule has 28 heavy (non-hydrogen) atoms. The van der Waals surface area contributed by atoms with E-state index in [4.69, 9.17) is 4.74 Å². The molecule has 4 heteroatoms. The molecular weight excluding hydrogens is 358 g/mol. The highest BCUT2D eigenvalue weighted by molar-refractivity contribution is 5.75. The molecular formula is C24H36F2O2. The van der Waals surface area contributed by atoms with E-state index in [0.29, 0.717) is 17.9 Å². The first-order valence-corrected chi connectivity index (χ1v) is 11.2. The average Bonchev–Trinajstić information content (AvgIpc) is 2.71. The van der Waals surface area contributed by atoms with Gasteiger partial charge in [-0.05, 0) is 56.1 Å². The smallest absolute Gasteiger partial charge is 0.314 e. The van der Waals surface area contributed by atoms with Crippen molar-refractivity contribution in [2.24, 2.45) is 11.8 Å². The second-order valence-electron chi connectivity index (χ2n) is 8.30. The third kappa shape index (κ3) is 6.86. The fourth-order valence-electron chi connectivity index (χ4n) is 4.15. The molecule has 1 aromatic rings. The molecule has 1 aromatic carbocycles. The Labute approximate surface area is 169 Å². The van der Waals surface area contributed by atoms with Crippen LogP contribution in [-0.2, 0) is 11.2 Å². The highest BCUT2D eigenvalue weighted by atomic mass is 19.2. The Morgan fingerprint density at radius 1 is 0.929 bits per heavy atom. The molecule has 0 saturated heterocycles. The van der Waals surface area contributed by atoms with E-state index in [0.717, 1.165) is 51.4 Å². The normalized spacial score (nSPS) is 19.6. The summed E-state index contributed by atoms with van der Waals surface area (Å²) in [6.45, 7) is 4.32. The van der Waals surface area contributed by atoms with Crippen molar-refractivity contribution in [3.63, 3.8) is 0 Å². The van der Waals surface area contributed by atoms with Crippen molar-refractivity contribution in [2.75, 3.05) is 0 Å². The number of ether oxygens (including phenoxy) is 1. The summed E-state index contributed by atoms with van der Waals surface area (Å²) < 4.78 is 33.9. The van der Waals surface area contributed by atoms with Crippen molar-refractivity contribution >= 4 is 5.97 Å². The molecule has 0 N–H and O–H groups in total. The first-order valence-electron chi connectivity index (χ1n) is 11.2. The van der Waals surface area contributed by atoms with Gasteiger partial charge in [-0.15, -0.1) is 0 Å². The van der Waals surface area contributed by atoms with Crippen LogP contribution >= 0.6 is 0 Å². The van der Waals surface area contributed by atoms with E-state index in [1.165, 1.54) is 31.7 Å². The number of aryl methyl sites for hydroxylation is 1. The van der Waals surface area contributed by atoms with Crippen LogP contribution < -0.4 is 4.74 Å². The highest BCUT2D eigenvalue weighted by Crippen LogP contribution is 2.33. The third-order valence-corrected chi connectivity index (χ3v) is 6.03. The molecule has 0 unspecified atom stereocenters. The number of hydrogen-bond acceptors (Lipinski definition) is 2. The lowest BCUT2D eigenvalue weighted by molar-refractivity contribution is -0.140. The zero-order valence-electron chi connectivity index (χ0n) is 17.6. The zero-order chi connectivity index (χ0) is 20.4. The molecule has 0 bridgehead atoms. The van der Waals surface area contributed by atoms with Crippen LogP contribution in [0.15, 0.2) is 12.1 Å². The lowest BCUT2D eigenvalue weighted by atomic mass is 9.80. The maximum atomic E-state index is 14.3. The number of benzene rings is 1. The van der Waals surface area contributed by atoms with Gasteiger partial charge in [0.25, 0.3) is 0 Å². The number of carbonyl (C=O) groups is 1. The Hall–Kier alpha value is -1.45. The Balaban J connectivity index is 1.84. The fourth-order valence-corrected chi connectivity index (χ4v) is 4.15. The highest BCUT2D eigenvalue weighted by Gasteiger charge is 2.28. The van der Waals surface area contributed by atoms with Crippen molar-refractivity contribution in [3.05, 3.63) is 29.3 Å². The largest absolute Gasteiger partial charge is 0.423 e. The lowest BCUT2D eigenvalue weighted by Gasteiger charge is -2.27. The minimum atomic E-state index is -1.03. The molecule has 0 radical (unpaired) electrons. The van der Waals surface area contributed by atoms with E-state index in [-0.39, 0.29) is 11.7 Å². The summed E-state index contributed by atoms with van der Waals surface area (Å²) in [6.07, 6.45) is 13.2. The van der Waals surface area contributed by atoms with Crippen LogP contribution in [0, 0.1) is 23.5 Å². The van der Waals surface area contributed by atoms with Crippen molar-refractivity contribution in [1.82, 2.24) is 0 Å². The molecule has 2 nitrogen and oxygen atoms in total. The predicted molar refractivity (Wildman–Crippen MR) is 109 cm³/mol. The SMILES string of the molecule is CCCCCCc1ccc(OC(=O)C2CCC(CCCCC)CC2)c(F)c1F. The predicted octanol–water partition coefficient (Wildman–Crippen LogP) is 7.38. The minimum Gasteiger partial charge on any atom is -0.423 e. The van der Waals surface area contributed by atoms with Gasteiger partial charge in [-0.2, -0.15) is 4.39 Å². The second kappa shape index (κ2) is 12.2. The molecule has 0 spiro atoms. The number of carbonyl (C=O) groups excluding carboxylic acids is 1. The summed E-state index contributed by atoms with van der Waals surface area (Å²) in [4.78, 5) is 12.4. The monoisotopic (exact) mass is 394 g/mol. The first kappa shape index (κ1) is 22.8. The average molecular weight is 395 g/mol. The van der Waals surface area contributed by atoms with Crippen LogP contribution in [0.1, 0.15) is 96.5 Å². The van der Waals surface area contributed by atoms with E-state index in [1.54, 1.807) is 6.07 Å². The van der Waals surface area contributed by atoms with Crippen molar-refractivity contribution in [1.29, 1.82) is 0 Å². The van der Waals surface area contributed by atoms with Gasteiger partial charge in [-0.25, -0.2) is 4.39 Å². The van der Waals surface area contributed by atoms with E-state index in [2.05, 4.69) is 13.8 Å². The lowest BCUT2D eigenvalue weighted by Crippen LogP contribution is -2.26. The number of unbranched alkanes of at least 4 members (excludes halogenated alkanes) is 5. The fraction of sp³-hybridized carbons (Fsp3) is 0.708. The minimum absolute atomic E-state index is 0.196. The van der Waals surface area contributed by atoms with Gasteiger partial charge in [0.15, 0.2) is 11.6 Å². The van der Waals surface area contributed by atoms with E-state index in [1.807, 2.05) is 0 Å². The molecule has 1 saturated carbocycles. The van der Waals surface area contributed by atoms with Gasteiger partial charge < -0.3 is 4.74 Å². The molecule has 1 aliphatic carbocycles. The molecule has 0 aliphatic heterocycles. The van der Waals surface area contributed by atoms with E-state index in [9.17, 15) is 13.6 Å². The maximum absolute atomic E-state index is 14.3. The Bertz CT molecular complexity index is 607. The Morgan fingerprint density at radius 2 is 1.61 bits per heavy atom. The van der Waals surface area contributed by atoms with Crippen LogP contribution in [-0.4, -0.2) is 5.97 Å². The molecule has 0 heterocycles. The number of halogens is 2. The first-order chi connectivity index (χ1) is 13.6. The molecule has 1 aliphatic rings. The number of esters is 1. The molecule has 0 aromatic heterocycles. The van der Waals surface area contributed by atoms with Gasteiger partial charge in [0, 0.05) is 0 Å². The van der Waals surface area contributed by atoms with Crippen LogP contribution in [0.5, 0.6) is 5.75 Å². The molecule has 1 fully saturated rings. The molecule has 0 amide bonds. The van der Waals surface area contributed by atoms with Gasteiger partial charge in [0.1, 0.15) is 0 Å². The van der Waals surface area contributed by atoms with Gasteiger partial charge >= 0.3 is 5.97 Å². The summed E-state index contributed by atoms with van der Waals surface area (Å²) in [5.41, 5.74) is 0.362. The molecule has 0 atom stereocenters. The summed E-state index contributed by atoms with van der Waals surface area (Å²) in [5.74, 6) is -2.10. The maximum Gasteiger partial charge on any atom is 0.314 e. The summed E-state index contributed by atoms with van der Waals surface area (Å²) >= 11 is 0. The third-order valence-electron chi connectivity index (χ3n) is 6.03. The summed E-state index contributed by atoms with van der Waals surface area (Å²) in [5, 5.41) is 0. The topological polar surface area (TPSA) is 26.3 Å². The van der Waals surface area contributed by atoms with E-state index < -0.39 is 17.6 Å². The zero-order valence-corrected chi connectivity index (χ0v) is 17.6. The van der Waals surface area contributed by atoms with Crippen LogP contribution in [0.25, 0.3) is 0 Å². The molecule has 158 valence electrons. The van der Waals surface area contributed by atoms with E-state index >= 15 is 0 Å². The number of hydrogen-bond donors (Lipinski definition) is 0.